The number of hydrogen-bond acceptors (Lipinski definition) is 8. The number of benzene rings is 1. The van der Waals surface area contributed by atoms with Crippen molar-refractivity contribution in [2.75, 3.05) is 51.1 Å². The molecule has 3 aliphatic rings. The number of nitrogens with zero attached hydrogens (tertiary/aromatic N) is 4. The molecular weight excluding hydrogens is 533 g/mol. The van der Waals surface area contributed by atoms with Crippen LogP contribution in [0.1, 0.15) is 32.1 Å². The Kier molecular flexibility index (Phi) is 8.05. The molecule has 0 radical (unpaired) electrons. The highest BCUT2D eigenvalue weighted by atomic mass is 31.2. The van der Waals surface area contributed by atoms with Crippen molar-refractivity contribution in [1.82, 2.24) is 24.8 Å². The highest BCUT2D eigenvalue weighted by molar-refractivity contribution is 7.70. The highest BCUT2D eigenvalue weighted by Crippen LogP contribution is 2.39. The van der Waals surface area contributed by atoms with Crippen LogP contribution in [0.25, 0.3) is 11.0 Å². The summed E-state index contributed by atoms with van der Waals surface area (Å²) < 4.78 is 19.6. The second kappa shape index (κ2) is 11.7. The van der Waals surface area contributed by atoms with Gasteiger partial charge in [0, 0.05) is 36.3 Å². The van der Waals surface area contributed by atoms with E-state index in [0.717, 1.165) is 53.7 Å². The third-order valence-corrected chi connectivity index (χ3v) is 10.2. The number of likely N-dealkylation sites (tertiary alicyclic amines) is 1. The Labute approximate surface area is 242 Å². The lowest BCUT2D eigenvalue weighted by atomic mass is 9.93. The van der Waals surface area contributed by atoms with E-state index in [4.69, 9.17) is 14.7 Å². The fraction of sp³-hybridized carbons (Fsp3) is 0.484. The van der Waals surface area contributed by atoms with Crippen LogP contribution < -0.4 is 15.9 Å². The topological polar surface area (TPSA) is 98.4 Å². The Balaban J connectivity index is 1.24. The van der Waals surface area contributed by atoms with E-state index in [2.05, 4.69) is 57.7 Å². The summed E-state index contributed by atoms with van der Waals surface area (Å²) in [6.07, 6.45) is 14.7. The molecule has 2 fully saturated rings. The zero-order valence-corrected chi connectivity index (χ0v) is 25.4. The van der Waals surface area contributed by atoms with Crippen molar-refractivity contribution in [3.63, 3.8) is 0 Å². The number of allylic oxidation sites excluding steroid dienone is 1. The maximum Gasteiger partial charge on any atom is 0.231 e. The van der Waals surface area contributed by atoms with Crippen molar-refractivity contribution in [3.8, 4) is 0 Å². The number of ether oxygens (including phenoxy) is 1. The molecule has 218 valence electrons. The van der Waals surface area contributed by atoms with E-state index in [-0.39, 0.29) is 12.1 Å². The van der Waals surface area contributed by atoms with Crippen molar-refractivity contribution in [1.29, 1.82) is 0 Å². The smallest absolute Gasteiger partial charge is 0.231 e. The largest absolute Gasteiger partial charge is 0.369 e. The predicted octanol–water partition coefficient (Wildman–Crippen LogP) is 5.15. The standard InChI is InChI=1S/C31H42N7O2P/c1-37(2)22-15-18-38(19-16-22)26-13-12-21(20-27(26)40-23-8-7-9-23)33-31-35-29-24(14-17-32-29)30(36-31)34-25-10-5-6-11-28(25)41(3,4)39/h5-6,10-14,17,20,22-23,26-27H,7-9,15-16,18-19H2,1-4H3,(H3,32,33,34,35,36). The molecule has 2 aliphatic carbocycles. The zero-order valence-electron chi connectivity index (χ0n) is 24.5. The molecule has 0 amide bonds. The molecular formula is C31H42N7O2P. The lowest BCUT2D eigenvalue weighted by Gasteiger charge is -2.43. The molecule has 6 rings (SSSR count). The van der Waals surface area contributed by atoms with Gasteiger partial charge in [0.1, 0.15) is 18.6 Å². The molecule has 2 unspecified atom stereocenters. The van der Waals surface area contributed by atoms with Gasteiger partial charge in [-0.15, -0.1) is 0 Å². The lowest BCUT2D eigenvalue weighted by molar-refractivity contribution is -0.0613. The van der Waals surface area contributed by atoms with Crippen LogP contribution in [0.15, 0.2) is 60.5 Å². The van der Waals surface area contributed by atoms with E-state index in [1.54, 1.807) is 13.3 Å². The van der Waals surface area contributed by atoms with Gasteiger partial charge in [0.25, 0.3) is 0 Å². The minimum absolute atomic E-state index is 0.0225. The number of anilines is 3. The van der Waals surface area contributed by atoms with E-state index in [9.17, 15) is 4.57 Å². The number of rotatable bonds is 9. The Morgan fingerprint density at radius 2 is 1.83 bits per heavy atom. The first kappa shape index (κ1) is 28.2. The van der Waals surface area contributed by atoms with Crippen LogP contribution in [-0.4, -0.2) is 89.6 Å². The zero-order chi connectivity index (χ0) is 28.6. The van der Waals surface area contributed by atoms with Gasteiger partial charge in [-0.25, -0.2) is 0 Å². The van der Waals surface area contributed by atoms with Gasteiger partial charge in [0.2, 0.25) is 5.95 Å². The number of hydrogen-bond donors (Lipinski definition) is 3. The first-order valence-corrected chi connectivity index (χ1v) is 17.3. The SMILES string of the molecule is CN(C)C1CCN(C2C=CC(Nc3nc(Nc4ccccc4P(C)(C)=O)c4cc[nH]c4n3)=CC2OC2CCC2)CC1. The maximum atomic E-state index is 13.0. The average Bonchev–Trinajstić information content (AvgIpc) is 3.40. The normalized spacial score (nSPS) is 22.6. The molecule has 1 aliphatic heterocycles. The summed E-state index contributed by atoms with van der Waals surface area (Å²) in [5.41, 5.74) is 2.44. The molecule has 3 aromatic rings. The minimum Gasteiger partial charge on any atom is -0.369 e. The summed E-state index contributed by atoms with van der Waals surface area (Å²) in [4.78, 5) is 17.8. The van der Waals surface area contributed by atoms with E-state index in [1.165, 1.54) is 19.3 Å². The van der Waals surface area contributed by atoms with Crippen LogP contribution >= 0.6 is 7.14 Å². The molecule has 1 saturated carbocycles. The number of para-hydroxylation sites is 1. The molecule has 10 heteroatoms. The molecule has 9 nitrogen and oxygen atoms in total. The summed E-state index contributed by atoms with van der Waals surface area (Å²) in [7, 11) is 1.88. The maximum absolute atomic E-state index is 13.0. The number of piperidine rings is 1. The van der Waals surface area contributed by atoms with Gasteiger partial charge in [0.05, 0.1) is 29.3 Å². The van der Waals surface area contributed by atoms with Crippen LogP contribution in [0.2, 0.25) is 0 Å². The van der Waals surface area contributed by atoms with Crippen molar-refractivity contribution in [2.45, 2.75) is 56.4 Å². The van der Waals surface area contributed by atoms with E-state index in [1.807, 2.05) is 36.5 Å². The van der Waals surface area contributed by atoms with Crippen molar-refractivity contribution < 1.29 is 9.30 Å². The second-order valence-electron chi connectivity index (χ2n) is 12.1. The van der Waals surface area contributed by atoms with Crippen LogP contribution in [0, 0.1) is 0 Å². The fourth-order valence-electron chi connectivity index (χ4n) is 6.00. The average molecular weight is 576 g/mol. The number of aromatic amines is 1. The Morgan fingerprint density at radius 1 is 1.05 bits per heavy atom. The van der Waals surface area contributed by atoms with Gasteiger partial charge in [-0.3, -0.25) is 4.90 Å². The van der Waals surface area contributed by atoms with Crippen LogP contribution in [0.3, 0.4) is 0 Å². The quantitative estimate of drug-likeness (QED) is 0.302. The number of nitrogens with one attached hydrogen (secondary N) is 3. The van der Waals surface area contributed by atoms with Crippen LogP contribution in [0.4, 0.5) is 17.5 Å². The van der Waals surface area contributed by atoms with Gasteiger partial charge in [-0.05, 0) is 89.9 Å². The first-order valence-electron chi connectivity index (χ1n) is 14.7. The molecule has 1 saturated heterocycles. The number of aromatic nitrogens is 3. The molecule has 0 spiro atoms. The molecule has 0 bridgehead atoms. The Bertz CT molecular complexity index is 1480. The van der Waals surface area contributed by atoms with Gasteiger partial charge < -0.3 is 29.8 Å². The van der Waals surface area contributed by atoms with E-state index in [0.29, 0.717) is 23.9 Å². The Hall–Kier alpha value is -2.97. The Morgan fingerprint density at radius 3 is 2.54 bits per heavy atom. The second-order valence-corrected chi connectivity index (χ2v) is 15.3. The summed E-state index contributed by atoms with van der Waals surface area (Å²) in [6.45, 7) is 5.72. The van der Waals surface area contributed by atoms with E-state index < -0.39 is 7.14 Å². The number of fused-ring (bicyclic) bond motifs is 1. The van der Waals surface area contributed by atoms with Crippen molar-refractivity contribution in [2.24, 2.45) is 0 Å². The predicted molar refractivity (Wildman–Crippen MR) is 168 cm³/mol. The molecule has 1 aromatic carbocycles. The van der Waals surface area contributed by atoms with Crippen LogP contribution in [-0.2, 0) is 9.30 Å². The molecule has 2 aromatic heterocycles. The van der Waals surface area contributed by atoms with Gasteiger partial charge >= 0.3 is 0 Å². The molecule has 2 atom stereocenters. The van der Waals surface area contributed by atoms with Gasteiger partial charge in [-0.2, -0.15) is 9.97 Å². The third-order valence-electron chi connectivity index (χ3n) is 8.62. The summed E-state index contributed by atoms with van der Waals surface area (Å²) in [5, 5.41) is 8.56. The number of H-pyrrole nitrogens is 1. The minimum atomic E-state index is -2.49. The molecule has 3 heterocycles. The monoisotopic (exact) mass is 575 g/mol. The molecule has 3 N–H and O–H groups in total. The highest BCUT2D eigenvalue weighted by Gasteiger charge is 2.34. The summed E-state index contributed by atoms with van der Waals surface area (Å²) >= 11 is 0. The first-order chi connectivity index (χ1) is 19.7. The van der Waals surface area contributed by atoms with Gasteiger partial charge in [0.15, 0.2) is 0 Å². The molecule has 41 heavy (non-hydrogen) atoms. The fourth-order valence-corrected chi connectivity index (χ4v) is 7.16. The third kappa shape index (κ3) is 6.28. The summed E-state index contributed by atoms with van der Waals surface area (Å²) in [6, 6.07) is 10.5. The van der Waals surface area contributed by atoms with Gasteiger partial charge in [-0.1, -0.05) is 18.2 Å². The van der Waals surface area contributed by atoms with E-state index >= 15 is 0 Å². The summed E-state index contributed by atoms with van der Waals surface area (Å²) in [5.74, 6) is 1.14. The van der Waals surface area contributed by atoms with Crippen molar-refractivity contribution in [3.05, 3.63) is 60.5 Å². The van der Waals surface area contributed by atoms with Crippen molar-refractivity contribution >= 4 is 40.9 Å². The lowest BCUT2D eigenvalue weighted by Crippen LogP contribution is -2.51. The van der Waals surface area contributed by atoms with Crippen LogP contribution in [0.5, 0.6) is 0 Å².